The molecule has 0 unspecified atom stereocenters. The molecule has 0 amide bonds. The van der Waals surface area contributed by atoms with E-state index < -0.39 is 11.2 Å². The first-order chi connectivity index (χ1) is 15.6. The van der Waals surface area contributed by atoms with Crippen molar-refractivity contribution in [2.75, 3.05) is 0 Å². The van der Waals surface area contributed by atoms with Gasteiger partial charge in [-0.15, -0.1) is 0 Å². The molecule has 4 aromatic heterocycles. The zero-order chi connectivity index (χ0) is 23.8. The molecule has 0 spiro atoms. The van der Waals surface area contributed by atoms with Crippen LogP contribution in [0.5, 0.6) is 5.75 Å². The molecular formula is C23H23ClN6O3. The van der Waals surface area contributed by atoms with E-state index in [-0.39, 0.29) is 17.5 Å². The van der Waals surface area contributed by atoms with Crippen LogP contribution in [-0.2, 0) is 19.3 Å². The molecule has 0 radical (unpaired) electrons. The van der Waals surface area contributed by atoms with Crippen molar-refractivity contribution in [1.82, 2.24) is 29.3 Å². The monoisotopic (exact) mass is 466 g/mol. The molecule has 0 aromatic carbocycles. The van der Waals surface area contributed by atoms with Gasteiger partial charge in [-0.25, -0.2) is 9.97 Å². The highest BCUT2D eigenvalue weighted by molar-refractivity contribution is 6.31. The lowest BCUT2D eigenvalue weighted by atomic mass is 10.1. The zero-order valence-corrected chi connectivity index (χ0v) is 19.4. The number of hydrogen-bond donors (Lipinski definition) is 1. The topological polar surface area (TPSA) is 108 Å². The molecule has 0 aliphatic rings. The van der Waals surface area contributed by atoms with Crippen LogP contribution in [0.2, 0.25) is 5.02 Å². The maximum Gasteiger partial charge on any atom is 0.277 e. The lowest BCUT2D eigenvalue weighted by molar-refractivity contribution is 0.0688. The van der Waals surface area contributed by atoms with E-state index in [4.69, 9.17) is 16.3 Å². The Labute approximate surface area is 195 Å². The number of halogens is 1. The minimum atomic E-state index is -1.19. The minimum absolute atomic E-state index is 0.0266. The number of aromatic nitrogens is 6. The van der Waals surface area contributed by atoms with Crippen molar-refractivity contribution in [1.29, 1.82) is 0 Å². The Morgan fingerprint density at radius 1 is 1.12 bits per heavy atom. The first-order valence-corrected chi connectivity index (χ1v) is 10.6. The van der Waals surface area contributed by atoms with E-state index in [2.05, 4.69) is 20.1 Å². The molecule has 1 N–H and O–H groups in total. The third kappa shape index (κ3) is 4.79. The van der Waals surface area contributed by atoms with Crippen molar-refractivity contribution in [3.8, 4) is 22.8 Å². The average Bonchev–Trinajstić information content (AvgIpc) is 3.20. The summed E-state index contributed by atoms with van der Waals surface area (Å²) in [7, 11) is 1.82. The highest BCUT2D eigenvalue weighted by Gasteiger charge is 2.21. The lowest BCUT2D eigenvalue weighted by Crippen LogP contribution is -2.22. The van der Waals surface area contributed by atoms with E-state index >= 15 is 0 Å². The first-order valence-electron chi connectivity index (χ1n) is 10.2. The molecule has 0 aliphatic heterocycles. The largest absolute Gasteiger partial charge is 0.485 e. The number of rotatable bonds is 6. The van der Waals surface area contributed by atoms with Gasteiger partial charge in [0.2, 0.25) is 0 Å². The van der Waals surface area contributed by atoms with E-state index in [0.29, 0.717) is 28.5 Å². The summed E-state index contributed by atoms with van der Waals surface area (Å²) >= 11 is 6.37. The summed E-state index contributed by atoms with van der Waals surface area (Å²) in [5.41, 5.74) is 1.38. The maximum atomic E-state index is 13.1. The summed E-state index contributed by atoms with van der Waals surface area (Å²) < 4.78 is 8.91. The van der Waals surface area contributed by atoms with Gasteiger partial charge in [0, 0.05) is 37.4 Å². The Bertz CT molecular complexity index is 1370. The van der Waals surface area contributed by atoms with Gasteiger partial charge in [-0.3, -0.25) is 19.0 Å². The molecule has 0 saturated heterocycles. The van der Waals surface area contributed by atoms with Gasteiger partial charge in [-0.1, -0.05) is 11.6 Å². The molecule has 4 aromatic rings. The molecule has 9 nitrogen and oxygen atoms in total. The summed E-state index contributed by atoms with van der Waals surface area (Å²) in [4.78, 5) is 26.0. The van der Waals surface area contributed by atoms with E-state index in [1.54, 1.807) is 62.1 Å². The molecule has 0 atom stereocenters. The molecule has 4 heterocycles. The van der Waals surface area contributed by atoms with E-state index in [9.17, 15) is 9.90 Å². The number of aryl methyl sites for hydroxylation is 2. The van der Waals surface area contributed by atoms with Crippen LogP contribution in [0.15, 0.2) is 53.7 Å². The normalized spacial score (nSPS) is 11.6. The number of nitrogens with zero attached hydrogens (tertiary/aromatic N) is 6. The Morgan fingerprint density at radius 3 is 2.58 bits per heavy atom. The lowest BCUT2D eigenvalue weighted by Gasteiger charge is -2.16. The van der Waals surface area contributed by atoms with Crippen molar-refractivity contribution in [3.63, 3.8) is 0 Å². The van der Waals surface area contributed by atoms with Gasteiger partial charge in [-0.2, -0.15) is 5.10 Å². The van der Waals surface area contributed by atoms with Crippen LogP contribution in [0.3, 0.4) is 0 Å². The number of hydrogen-bond acceptors (Lipinski definition) is 7. The van der Waals surface area contributed by atoms with Gasteiger partial charge in [0.25, 0.3) is 5.56 Å². The van der Waals surface area contributed by atoms with Crippen molar-refractivity contribution >= 4 is 11.6 Å². The zero-order valence-electron chi connectivity index (χ0n) is 18.7. The summed E-state index contributed by atoms with van der Waals surface area (Å²) in [5.74, 6) is 0.568. The van der Waals surface area contributed by atoms with Crippen LogP contribution < -0.4 is 10.3 Å². The van der Waals surface area contributed by atoms with Crippen LogP contribution >= 0.6 is 11.6 Å². The highest BCUT2D eigenvalue weighted by atomic mass is 35.5. The molecular weight excluding hydrogens is 444 g/mol. The Morgan fingerprint density at radius 2 is 1.88 bits per heavy atom. The predicted molar refractivity (Wildman–Crippen MR) is 123 cm³/mol. The molecule has 0 fully saturated rings. The van der Waals surface area contributed by atoms with Crippen molar-refractivity contribution in [2.24, 2.45) is 7.05 Å². The number of pyridine rings is 2. The standard InChI is InChI=1S/C23H23ClN6O3/c1-14-11-19(33-13-15-7-10-29(4)28-15)20(24)21(31)30(14)16-5-8-25-18(12-16)17-6-9-26-22(27-17)23(2,3)32/h5-12,32H,13H2,1-4H3. The second-order valence-electron chi connectivity index (χ2n) is 8.10. The van der Waals surface area contributed by atoms with Crippen LogP contribution in [0, 0.1) is 6.92 Å². The fourth-order valence-electron chi connectivity index (χ4n) is 3.29. The summed E-state index contributed by atoms with van der Waals surface area (Å²) in [5, 5.41) is 14.4. The van der Waals surface area contributed by atoms with Gasteiger partial charge in [0.05, 0.1) is 22.8 Å². The van der Waals surface area contributed by atoms with E-state index in [1.165, 1.54) is 4.57 Å². The highest BCUT2D eigenvalue weighted by Crippen LogP contribution is 2.26. The average molecular weight is 467 g/mol. The smallest absolute Gasteiger partial charge is 0.277 e. The maximum absolute atomic E-state index is 13.1. The first kappa shape index (κ1) is 22.6. The fraction of sp³-hybridized carbons (Fsp3) is 0.261. The van der Waals surface area contributed by atoms with E-state index in [0.717, 1.165) is 5.69 Å². The Balaban J connectivity index is 1.69. The van der Waals surface area contributed by atoms with Crippen LogP contribution in [0.25, 0.3) is 17.1 Å². The van der Waals surface area contributed by atoms with Gasteiger partial charge >= 0.3 is 0 Å². The molecule has 10 heteroatoms. The van der Waals surface area contributed by atoms with Crippen molar-refractivity contribution in [3.05, 3.63) is 81.5 Å². The quantitative estimate of drug-likeness (QED) is 0.464. The molecule has 0 aliphatic carbocycles. The third-order valence-electron chi connectivity index (χ3n) is 4.91. The van der Waals surface area contributed by atoms with Crippen LogP contribution in [-0.4, -0.2) is 34.4 Å². The Hall–Kier alpha value is -3.56. The number of aliphatic hydroxyl groups is 1. The van der Waals surface area contributed by atoms with E-state index in [1.807, 2.05) is 19.3 Å². The molecule has 170 valence electrons. The molecule has 33 heavy (non-hydrogen) atoms. The summed E-state index contributed by atoms with van der Waals surface area (Å²) in [6, 6.07) is 8.68. The minimum Gasteiger partial charge on any atom is -0.485 e. The van der Waals surface area contributed by atoms with Crippen LogP contribution in [0.4, 0.5) is 0 Å². The predicted octanol–water partition coefficient (Wildman–Crippen LogP) is 3.19. The Kier molecular flexibility index (Phi) is 6.01. The van der Waals surface area contributed by atoms with Gasteiger partial charge in [-0.05, 0) is 45.0 Å². The fourth-order valence-corrected chi connectivity index (χ4v) is 3.49. The molecule has 4 rings (SSSR count). The van der Waals surface area contributed by atoms with Gasteiger partial charge < -0.3 is 9.84 Å². The number of ether oxygens (including phenoxy) is 1. The van der Waals surface area contributed by atoms with Gasteiger partial charge in [0.15, 0.2) is 5.82 Å². The third-order valence-corrected chi connectivity index (χ3v) is 5.26. The molecule has 0 saturated carbocycles. The summed E-state index contributed by atoms with van der Waals surface area (Å²) in [6.07, 6.45) is 4.96. The van der Waals surface area contributed by atoms with Crippen molar-refractivity contribution < 1.29 is 9.84 Å². The summed E-state index contributed by atoms with van der Waals surface area (Å²) in [6.45, 7) is 5.21. The van der Waals surface area contributed by atoms with Crippen molar-refractivity contribution in [2.45, 2.75) is 33.0 Å². The molecule has 0 bridgehead atoms. The SMILES string of the molecule is Cc1cc(OCc2ccn(C)n2)c(Cl)c(=O)n1-c1ccnc(-c2ccnc(C(C)(C)O)n2)c1. The second-order valence-corrected chi connectivity index (χ2v) is 8.48. The van der Waals surface area contributed by atoms with Gasteiger partial charge in [0.1, 0.15) is 23.0 Å². The van der Waals surface area contributed by atoms with Crippen LogP contribution in [0.1, 0.15) is 31.1 Å². The second kappa shape index (κ2) is 8.76.